The number of nitrogens with zero attached hydrogens (tertiary/aromatic N) is 2. The smallest absolute Gasteiger partial charge is 0.226 e. The standard InChI is InChI=1S/C16H19ClN2O/c1-5-12-7-6-8-13(9-12)20-16-11(4)14(17)18-15(19-16)10(2)3/h6-10H,5H2,1-4H3. The number of benzene rings is 1. The monoisotopic (exact) mass is 290 g/mol. The van der Waals surface area contributed by atoms with Gasteiger partial charge < -0.3 is 4.74 Å². The molecule has 0 fully saturated rings. The molecule has 2 rings (SSSR count). The molecule has 4 heteroatoms. The van der Waals surface area contributed by atoms with Crippen LogP contribution in [-0.2, 0) is 6.42 Å². The highest BCUT2D eigenvalue weighted by Crippen LogP contribution is 2.29. The Morgan fingerprint density at radius 2 is 2.00 bits per heavy atom. The second-order valence-corrected chi connectivity index (χ2v) is 5.42. The first-order valence-corrected chi connectivity index (χ1v) is 7.20. The van der Waals surface area contributed by atoms with E-state index in [4.69, 9.17) is 16.3 Å². The van der Waals surface area contributed by atoms with Gasteiger partial charge in [-0.3, -0.25) is 0 Å². The van der Waals surface area contributed by atoms with Crippen LogP contribution in [0.1, 0.15) is 43.6 Å². The van der Waals surface area contributed by atoms with Crippen LogP contribution in [0.2, 0.25) is 5.15 Å². The molecule has 0 N–H and O–H groups in total. The summed E-state index contributed by atoms with van der Waals surface area (Å²) in [6.07, 6.45) is 0.970. The van der Waals surface area contributed by atoms with Gasteiger partial charge in [-0.05, 0) is 31.0 Å². The van der Waals surface area contributed by atoms with E-state index in [1.54, 1.807) is 0 Å². The van der Waals surface area contributed by atoms with Crippen LogP contribution in [0.5, 0.6) is 11.6 Å². The molecule has 0 aliphatic rings. The molecule has 20 heavy (non-hydrogen) atoms. The van der Waals surface area contributed by atoms with Crippen LogP contribution >= 0.6 is 11.6 Å². The summed E-state index contributed by atoms with van der Waals surface area (Å²) in [6, 6.07) is 8.00. The van der Waals surface area contributed by atoms with Crippen molar-refractivity contribution in [1.82, 2.24) is 9.97 Å². The van der Waals surface area contributed by atoms with Crippen molar-refractivity contribution in [3.63, 3.8) is 0 Å². The molecule has 0 saturated carbocycles. The Hall–Kier alpha value is -1.61. The summed E-state index contributed by atoms with van der Waals surface area (Å²) in [7, 11) is 0. The molecule has 0 atom stereocenters. The van der Waals surface area contributed by atoms with E-state index in [0.29, 0.717) is 16.9 Å². The minimum Gasteiger partial charge on any atom is -0.439 e. The maximum absolute atomic E-state index is 6.16. The summed E-state index contributed by atoms with van der Waals surface area (Å²) in [5, 5.41) is 0.449. The van der Waals surface area contributed by atoms with Gasteiger partial charge in [0.15, 0.2) is 0 Å². The van der Waals surface area contributed by atoms with Gasteiger partial charge in [0.2, 0.25) is 5.88 Å². The lowest BCUT2D eigenvalue weighted by Crippen LogP contribution is -2.02. The van der Waals surface area contributed by atoms with E-state index in [2.05, 4.69) is 23.0 Å². The van der Waals surface area contributed by atoms with Crippen LogP contribution in [0.15, 0.2) is 24.3 Å². The lowest BCUT2D eigenvalue weighted by atomic mass is 10.2. The first-order valence-electron chi connectivity index (χ1n) is 6.82. The summed E-state index contributed by atoms with van der Waals surface area (Å²) >= 11 is 6.16. The lowest BCUT2D eigenvalue weighted by Gasteiger charge is -2.12. The zero-order valence-corrected chi connectivity index (χ0v) is 13.0. The van der Waals surface area contributed by atoms with Gasteiger partial charge in [0.1, 0.15) is 16.7 Å². The predicted molar refractivity (Wildman–Crippen MR) is 81.8 cm³/mol. The molecule has 2 aromatic rings. The van der Waals surface area contributed by atoms with Crippen molar-refractivity contribution in [2.24, 2.45) is 0 Å². The zero-order chi connectivity index (χ0) is 14.7. The van der Waals surface area contributed by atoms with E-state index in [-0.39, 0.29) is 5.92 Å². The Morgan fingerprint density at radius 3 is 2.65 bits per heavy atom. The molecule has 0 unspecified atom stereocenters. The molecular weight excluding hydrogens is 272 g/mol. The highest BCUT2D eigenvalue weighted by atomic mass is 35.5. The molecule has 3 nitrogen and oxygen atoms in total. The number of hydrogen-bond donors (Lipinski definition) is 0. The normalized spacial score (nSPS) is 10.9. The van der Waals surface area contributed by atoms with Gasteiger partial charge >= 0.3 is 0 Å². The molecule has 1 aromatic heterocycles. The van der Waals surface area contributed by atoms with Gasteiger partial charge in [-0.2, -0.15) is 4.98 Å². The van der Waals surface area contributed by atoms with Gasteiger partial charge in [-0.25, -0.2) is 4.98 Å². The molecule has 0 aliphatic carbocycles. The van der Waals surface area contributed by atoms with Crippen molar-refractivity contribution in [2.75, 3.05) is 0 Å². The first kappa shape index (κ1) is 14.8. The molecule has 1 aromatic carbocycles. The summed E-state index contributed by atoms with van der Waals surface area (Å²) in [5.41, 5.74) is 1.99. The van der Waals surface area contributed by atoms with E-state index in [0.717, 1.165) is 17.7 Å². The van der Waals surface area contributed by atoms with Gasteiger partial charge in [-0.1, -0.05) is 44.5 Å². The molecule has 0 spiro atoms. The molecule has 0 amide bonds. The summed E-state index contributed by atoms with van der Waals surface area (Å²) in [6.45, 7) is 8.04. The molecule has 106 valence electrons. The third kappa shape index (κ3) is 3.28. The number of rotatable bonds is 4. The molecule has 0 radical (unpaired) electrons. The second kappa shape index (κ2) is 6.23. The topological polar surface area (TPSA) is 35.0 Å². The van der Waals surface area contributed by atoms with Crippen LogP contribution < -0.4 is 4.74 Å². The van der Waals surface area contributed by atoms with Crippen molar-refractivity contribution in [1.29, 1.82) is 0 Å². The van der Waals surface area contributed by atoms with Gasteiger partial charge in [0.25, 0.3) is 0 Å². The van der Waals surface area contributed by atoms with Crippen LogP contribution in [0.4, 0.5) is 0 Å². The zero-order valence-electron chi connectivity index (χ0n) is 12.3. The molecule has 1 heterocycles. The predicted octanol–water partition coefficient (Wildman–Crippen LogP) is 4.92. The Bertz CT molecular complexity index is 611. The largest absolute Gasteiger partial charge is 0.439 e. The maximum Gasteiger partial charge on any atom is 0.226 e. The van der Waals surface area contributed by atoms with Gasteiger partial charge in [0, 0.05) is 11.5 Å². The van der Waals surface area contributed by atoms with E-state index in [1.807, 2.05) is 39.0 Å². The van der Waals surface area contributed by atoms with E-state index < -0.39 is 0 Å². The third-order valence-electron chi connectivity index (χ3n) is 3.10. The van der Waals surface area contributed by atoms with Gasteiger partial charge in [0.05, 0.1) is 0 Å². The van der Waals surface area contributed by atoms with Crippen molar-refractivity contribution >= 4 is 11.6 Å². The highest BCUT2D eigenvalue weighted by molar-refractivity contribution is 6.30. The number of aromatic nitrogens is 2. The van der Waals surface area contributed by atoms with Crippen molar-refractivity contribution in [2.45, 2.75) is 40.0 Å². The van der Waals surface area contributed by atoms with Gasteiger partial charge in [-0.15, -0.1) is 0 Å². The van der Waals surface area contributed by atoms with E-state index in [1.165, 1.54) is 5.56 Å². The van der Waals surface area contributed by atoms with E-state index in [9.17, 15) is 0 Å². The fourth-order valence-electron chi connectivity index (χ4n) is 1.78. The van der Waals surface area contributed by atoms with Crippen LogP contribution in [0.3, 0.4) is 0 Å². The quantitative estimate of drug-likeness (QED) is 0.750. The molecule has 0 saturated heterocycles. The number of ether oxygens (including phenoxy) is 1. The Morgan fingerprint density at radius 1 is 1.25 bits per heavy atom. The Balaban J connectivity index is 2.37. The minimum absolute atomic E-state index is 0.206. The molecule has 0 aliphatic heterocycles. The van der Waals surface area contributed by atoms with Crippen molar-refractivity contribution < 1.29 is 4.74 Å². The van der Waals surface area contributed by atoms with Crippen molar-refractivity contribution in [3.05, 3.63) is 46.4 Å². The average Bonchev–Trinajstić information content (AvgIpc) is 2.43. The molecule has 0 bridgehead atoms. The highest BCUT2D eigenvalue weighted by Gasteiger charge is 2.13. The number of hydrogen-bond acceptors (Lipinski definition) is 3. The molecular formula is C16H19ClN2O. The van der Waals surface area contributed by atoms with Crippen LogP contribution in [-0.4, -0.2) is 9.97 Å². The number of aryl methyl sites for hydroxylation is 1. The van der Waals surface area contributed by atoms with Crippen LogP contribution in [0, 0.1) is 6.92 Å². The first-order chi connectivity index (χ1) is 9.51. The SMILES string of the molecule is CCc1cccc(Oc2nc(C(C)C)nc(Cl)c2C)c1. The number of halogens is 1. The summed E-state index contributed by atoms with van der Waals surface area (Å²) in [4.78, 5) is 8.75. The average molecular weight is 291 g/mol. The van der Waals surface area contributed by atoms with E-state index >= 15 is 0 Å². The third-order valence-corrected chi connectivity index (χ3v) is 3.46. The lowest BCUT2D eigenvalue weighted by molar-refractivity contribution is 0.452. The summed E-state index contributed by atoms with van der Waals surface area (Å²) < 4.78 is 5.89. The minimum atomic E-state index is 0.206. The van der Waals surface area contributed by atoms with Crippen LogP contribution in [0.25, 0.3) is 0 Å². The Kier molecular flexibility index (Phi) is 4.61. The fraction of sp³-hybridized carbons (Fsp3) is 0.375. The Labute approximate surface area is 125 Å². The second-order valence-electron chi connectivity index (χ2n) is 5.06. The van der Waals surface area contributed by atoms with Crippen molar-refractivity contribution in [3.8, 4) is 11.6 Å². The fourth-order valence-corrected chi connectivity index (χ4v) is 1.95. The maximum atomic E-state index is 6.16. The summed E-state index contributed by atoms with van der Waals surface area (Å²) in [5.74, 6) is 2.21.